The van der Waals surface area contributed by atoms with Gasteiger partial charge in [0.1, 0.15) is 0 Å². The van der Waals surface area contributed by atoms with Crippen LogP contribution in [0, 0.1) is 0 Å². The molecule has 0 aliphatic carbocycles. The van der Waals surface area contributed by atoms with Gasteiger partial charge in [0.05, 0.1) is 0 Å². The van der Waals surface area contributed by atoms with Crippen molar-refractivity contribution < 1.29 is 21.9 Å². The molecule has 1 aromatic carbocycles. The standard InChI is InChI=1S/C22H42O5Si4/c1-19(2)21(23)24-22(3,18-20-16-14-13-15-17-20)31(25-28(4,5)6,26-29(7,8)9)27-30(10,11)12/h13-17H,1,18H2,2-12H3. The van der Waals surface area contributed by atoms with Crippen LogP contribution in [0.5, 0.6) is 0 Å². The summed E-state index contributed by atoms with van der Waals surface area (Å²) in [5.41, 5.74) is 1.38. The maximum absolute atomic E-state index is 12.9. The zero-order valence-corrected chi connectivity index (χ0v) is 25.3. The van der Waals surface area contributed by atoms with E-state index in [1.807, 2.05) is 37.3 Å². The van der Waals surface area contributed by atoms with Gasteiger partial charge < -0.3 is 17.1 Å². The molecule has 0 spiro atoms. The van der Waals surface area contributed by atoms with Gasteiger partial charge in [0, 0.05) is 12.0 Å². The van der Waals surface area contributed by atoms with Crippen LogP contribution in [0.4, 0.5) is 0 Å². The van der Waals surface area contributed by atoms with Crippen molar-refractivity contribution >= 4 is 39.7 Å². The smallest absolute Gasteiger partial charge is 0.451 e. The molecule has 0 radical (unpaired) electrons. The molecular formula is C22H42O5Si4. The lowest BCUT2D eigenvalue weighted by Gasteiger charge is -2.50. The molecule has 0 heterocycles. The largest absolute Gasteiger partial charge is 0.516 e. The SMILES string of the molecule is C=C(C)C(=O)OC(C)(Cc1ccccc1)[Si](O[Si](C)(C)C)(O[Si](C)(C)C)O[Si](C)(C)C. The summed E-state index contributed by atoms with van der Waals surface area (Å²) in [4.78, 5) is 12.9. The fraction of sp³-hybridized carbons (Fsp3) is 0.591. The summed E-state index contributed by atoms with van der Waals surface area (Å²) in [5, 5.41) is -1.09. The van der Waals surface area contributed by atoms with E-state index in [1.54, 1.807) is 6.92 Å². The molecule has 0 saturated heterocycles. The number of ether oxygens (including phenoxy) is 1. The quantitative estimate of drug-likeness (QED) is 0.208. The van der Waals surface area contributed by atoms with Crippen LogP contribution in [-0.2, 0) is 28.3 Å². The van der Waals surface area contributed by atoms with E-state index in [0.717, 1.165) is 5.56 Å². The van der Waals surface area contributed by atoms with Gasteiger partial charge in [0.2, 0.25) is 0 Å². The molecule has 0 aliphatic heterocycles. The maximum atomic E-state index is 12.9. The highest BCUT2D eigenvalue weighted by atomic mass is 28.5. The summed E-state index contributed by atoms with van der Waals surface area (Å²) in [6.45, 7) is 26.5. The van der Waals surface area contributed by atoms with E-state index in [9.17, 15) is 4.79 Å². The summed E-state index contributed by atoms with van der Waals surface area (Å²) < 4.78 is 26.9. The highest BCUT2D eigenvalue weighted by Crippen LogP contribution is 2.38. The molecule has 0 amide bonds. The predicted molar refractivity (Wildman–Crippen MR) is 139 cm³/mol. The van der Waals surface area contributed by atoms with Gasteiger partial charge in [0.15, 0.2) is 30.2 Å². The Kier molecular flexibility index (Phi) is 9.08. The fourth-order valence-electron chi connectivity index (χ4n) is 3.08. The van der Waals surface area contributed by atoms with Gasteiger partial charge in [-0.15, -0.1) is 0 Å². The molecule has 176 valence electrons. The lowest BCUT2D eigenvalue weighted by Crippen LogP contribution is -2.73. The number of carbonyl (C=O) groups is 1. The Morgan fingerprint density at radius 1 is 0.839 bits per heavy atom. The van der Waals surface area contributed by atoms with E-state index in [2.05, 4.69) is 65.5 Å². The van der Waals surface area contributed by atoms with E-state index in [1.165, 1.54) is 0 Å². The maximum Gasteiger partial charge on any atom is 0.516 e. The highest BCUT2D eigenvalue weighted by Gasteiger charge is 2.65. The van der Waals surface area contributed by atoms with Gasteiger partial charge in [-0.2, -0.15) is 0 Å². The molecule has 0 aliphatic rings. The van der Waals surface area contributed by atoms with Crippen molar-refractivity contribution in [1.29, 1.82) is 0 Å². The molecule has 1 atom stereocenters. The first-order valence-corrected chi connectivity index (χ1v) is 22.8. The number of hydrogen-bond acceptors (Lipinski definition) is 5. The van der Waals surface area contributed by atoms with Crippen LogP contribution in [0.2, 0.25) is 58.9 Å². The molecule has 1 rings (SSSR count). The molecule has 31 heavy (non-hydrogen) atoms. The van der Waals surface area contributed by atoms with Crippen LogP contribution < -0.4 is 0 Å². The molecule has 0 saturated carbocycles. The molecule has 0 aromatic heterocycles. The molecule has 1 aromatic rings. The Morgan fingerprint density at radius 3 is 1.55 bits per heavy atom. The topological polar surface area (TPSA) is 54.0 Å². The first kappa shape index (κ1) is 28.2. The minimum atomic E-state index is -3.55. The molecule has 1 unspecified atom stereocenters. The van der Waals surface area contributed by atoms with Crippen molar-refractivity contribution in [3.63, 3.8) is 0 Å². The molecule has 5 nitrogen and oxygen atoms in total. The van der Waals surface area contributed by atoms with E-state index in [0.29, 0.717) is 12.0 Å². The van der Waals surface area contributed by atoms with Crippen molar-refractivity contribution in [2.45, 2.75) is 84.4 Å². The van der Waals surface area contributed by atoms with Crippen molar-refractivity contribution in [3.8, 4) is 0 Å². The third-order valence-electron chi connectivity index (χ3n) is 4.02. The first-order chi connectivity index (χ1) is 13.8. The summed E-state index contributed by atoms with van der Waals surface area (Å²) in [6, 6.07) is 10.0. The number of hydrogen-bond donors (Lipinski definition) is 0. The summed E-state index contributed by atoms with van der Waals surface area (Å²) in [6.07, 6.45) is 0.443. The van der Waals surface area contributed by atoms with E-state index in [4.69, 9.17) is 17.1 Å². The van der Waals surface area contributed by atoms with Crippen molar-refractivity contribution in [3.05, 3.63) is 48.0 Å². The normalized spacial score (nSPS) is 15.3. The van der Waals surface area contributed by atoms with Gasteiger partial charge in [-0.25, -0.2) is 4.79 Å². The van der Waals surface area contributed by atoms with Crippen LogP contribution >= 0.6 is 0 Å². The van der Waals surface area contributed by atoms with Gasteiger partial charge in [-0.1, -0.05) is 36.9 Å². The fourth-order valence-corrected chi connectivity index (χ4v) is 17.6. The third-order valence-corrected chi connectivity index (χ3v) is 16.2. The Morgan fingerprint density at radius 2 is 1.23 bits per heavy atom. The monoisotopic (exact) mass is 498 g/mol. The van der Waals surface area contributed by atoms with Crippen LogP contribution in [0.25, 0.3) is 0 Å². The molecular weight excluding hydrogens is 457 g/mol. The van der Waals surface area contributed by atoms with Crippen LogP contribution in [-0.4, -0.2) is 45.0 Å². The van der Waals surface area contributed by atoms with Crippen LogP contribution in [0.1, 0.15) is 19.4 Å². The van der Waals surface area contributed by atoms with E-state index in [-0.39, 0.29) is 0 Å². The van der Waals surface area contributed by atoms with Crippen molar-refractivity contribution in [2.24, 2.45) is 0 Å². The van der Waals surface area contributed by atoms with Crippen LogP contribution in [0.3, 0.4) is 0 Å². The Balaban J connectivity index is 3.80. The Hall–Kier alpha value is -0.822. The second-order valence-electron chi connectivity index (χ2n) is 11.3. The zero-order valence-electron chi connectivity index (χ0n) is 21.3. The third kappa shape index (κ3) is 9.28. The molecule has 0 bridgehead atoms. The first-order valence-electron chi connectivity index (χ1n) is 10.8. The predicted octanol–water partition coefficient (Wildman–Crippen LogP) is 6.14. The van der Waals surface area contributed by atoms with Crippen molar-refractivity contribution in [2.75, 3.05) is 0 Å². The second-order valence-corrected chi connectivity index (χ2v) is 28.6. The molecule has 0 fully saturated rings. The molecule has 0 N–H and O–H groups in total. The van der Waals surface area contributed by atoms with Gasteiger partial charge in [-0.3, -0.25) is 0 Å². The van der Waals surface area contributed by atoms with Gasteiger partial charge >= 0.3 is 14.8 Å². The number of carbonyl (C=O) groups excluding carboxylic acids is 1. The highest BCUT2D eigenvalue weighted by molar-refractivity contribution is 6.91. The lowest BCUT2D eigenvalue weighted by molar-refractivity contribution is -0.150. The lowest BCUT2D eigenvalue weighted by atomic mass is 10.1. The average molecular weight is 499 g/mol. The summed E-state index contributed by atoms with van der Waals surface area (Å²) in [7, 11) is -10.0. The van der Waals surface area contributed by atoms with E-state index >= 15 is 0 Å². The number of benzene rings is 1. The second kappa shape index (κ2) is 9.98. The number of rotatable bonds is 11. The Labute approximate surface area is 193 Å². The summed E-state index contributed by atoms with van der Waals surface area (Å²) in [5.74, 6) is -0.451. The summed E-state index contributed by atoms with van der Waals surface area (Å²) >= 11 is 0. The number of esters is 1. The van der Waals surface area contributed by atoms with Gasteiger partial charge in [-0.05, 0) is 78.3 Å². The minimum absolute atomic E-state index is 0.344. The minimum Gasteiger partial charge on any atom is -0.451 e. The van der Waals surface area contributed by atoms with E-state index < -0.39 is 45.0 Å². The van der Waals surface area contributed by atoms with Crippen LogP contribution in [0.15, 0.2) is 42.5 Å². The Bertz CT molecular complexity index is 722. The van der Waals surface area contributed by atoms with Gasteiger partial charge in [0.25, 0.3) is 0 Å². The molecule has 9 heteroatoms. The van der Waals surface area contributed by atoms with Crippen molar-refractivity contribution in [1.82, 2.24) is 0 Å². The zero-order chi connectivity index (χ0) is 24.3. The average Bonchev–Trinajstić information content (AvgIpc) is 2.50.